The summed E-state index contributed by atoms with van der Waals surface area (Å²) in [4.78, 5) is 4.46. The summed E-state index contributed by atoms with van der Waals surface area (Å²) in [6.45, 7) is 5.94. The molecule has 0 spiro atoms. The molecule has 6 heteroatoms. The smallest absolute Gasteiger partial charge is 0.246 e. The van der Waals surface area contributed by atoms with Crippen molar-refractivity contribution in [2.75, 3.05) is 18.5 Å². The Kier molecular flexibility index (Phi) is 4.48. The Morgan fingerprint density at radius 2 is 1.77 bits per heavy atom. The molecule has 0 saturated carbocycles. The van der Waals surface area contributed by atoms with Crippen molar-refractivity contribution in [3.05, 3.63) is 53.9 Å². The highest BCUT2D eigenvalue weighted by atomic mass is 16.6. The van der Waals surface area contributed by atoms with Gasteiger partial charge in [0, 0.05) is 17.3 Å². The molecule has 3 aromatic rings. The number of hydrogen-bond acceptors (Lipinski definition) is 6. The topological polar surface area (TPSA) is 69.4 Å². The molecule has 0 radical (unpaired) electrons. The van der Waals surface area contributed by atoms with Crippen LogP contribution in [0.1, 0.15) is 31.2 Å². The predicted molar refractivity (Wildman–Crippen MR) is 98.6 cm³/mol. The van der Waals surface area contributed by atoms with Gasteiger partial charge in [-0.1, -0.05) is 43.3 Å². The van der Waals surface area contributed by atoms with Crippen LogP contribution in [0.15, 0.2) is 47.0 Å². The maximum absolute atomic E-state index is 5.59. The number of nitrogens with one attached hydrogen (secondary N) is 1. The maximum Gasteiger partial charge on any atom is 0.246 e. The lowest BCUT2D eigenvalue weighted by Crippen LogP contribution is -2.15. The number of aromatic nitrogens is 2. The molecule has 26 heavy (non-hydrogen) atoms. The molecule has 0 saturated heterocycles. The Hall–Kier alpha value is -3.02. The monoisotopic (exact) mass is 351 g/mol. The quantitative estimate of drug-likeness (QED) is 0.741. The molecule has 6 nitrogen and oxygen atoms in total. The summed E-state index contributed by atoms with van der Waals surface area (Å²) < 4.78 is 16.5. The van der Waals surface area contributed by atoms with E-state index in [0.29, 0.717) is 37.4 Å². The summed E-state index contributed by atoms with van der Waals surface area (Å²) in [6, 6.07) is 14.0. The van der Waals surface area contributed by atoms with Gasteiger partial charge in [-0.3, -0.25) is 0 Å². The van der Waals surface area contributed by atoms with Crippen molar-refractivity contribution in [2.24, 2.45) is 0 Å². The molecule has 0 bridgehead atoms. The number of ether oxygens (including phenoxy) is 2. The van der Waals surface area contributed by atoms with E-state index in [1.807, 2.05) is 30.3 Å². The fraction of sp³-hybridized carbons (Fsp3) is 0.300. The Morgan fingerprint density at radius 3 is 2.54 bits per heavy atom. The Labute approximate surface area is 152 Å². The lowest BCUT2D eigenvalue weighted by molar-refractivity contribution is 0.171. The van der Waals surface area contributed by atoms with Crippen molar-refractivity contribution < 1.29 is 14.0 Å². The van der Waals surface area contributed by atoms with Gasteiger partial charge in [0.05, 0.1) is 6.54 Å². The van der Waals surface area contributed by atoms with Gasteiger partial charge in [0.25, 0.3) is 0 Å². The van der Waals surface area contributed by atoms with Crippen molar-refractivity contribution >= 4 is 5.69 Å². The molecule has 0 fully saturated rings. The largest absolute Gasteiger partial charge is 0.486 e. The second kappa shape index (κ2) is 7.07. The van der Waals surface area contributed by atoms with E-state index < -0.39 is 0 Å². The number of hydrogen-bond donors (Lipinski definition) is 1. The number of benzene rings is 2. The first-order chi connectivity index (χ1) is 12.7. The van der Waals surface area contributed by atoms with E-state index in [0.717, 1.165) is 22.7 Å². The highest BCUT2D eigenvalue weighted by Crippen LogP contribution is 2.32. The van der Waals surface area contributed by atoms with E-state index in [1.165, 1.54) is 5.56 Å². The molecule has 0 unspecified atom stereocenters. The van der Waals surface area contributed by atoms with Crippen LogP contribution in [-0.2, 0) is 6.54 Å². The van der Waals surface area contributed by atoms with Gasteiger partial charge < -0.3 is 19.3 Å². The molecule has 134 valence electrons. The normalized spacial score (nSPS) is 13.0. The summed E-state index contributed by atoms with van der Waals surface area (Å²) in [5.41, 5.74) is 3.15. The molecule has 0 amide bonds. The van der Waals surface area contributed by atoms with E-state index in [2.05, 4.69) is 41.4 Å². The zero-order valence-electron chi connectivity index (χ0n) is 14.9. The fourth-order valence-corrected chi connectivity index (χ4v) is 2.79. The highest BCUT2D eigenvalue weighted by Gasteiger charge is 2.13. The van der Waals surface area contributed by atoms with Crippen molar-refractivity contribution in [1.82, 2.24) is 10.1 Å². The standard InChI is InChI=1S/C20H21N3O3/c1-13(2)14-3-5-15(6-4-14)20-22-19(26-23-20)12-21-16-7-8-17-18(11-16)25-10-9-24-17/h3-8,11,13,21H,9-10,12H2,1-2H3. The van der Waals surface area contributed by atoms with Crippen LogP contribution >= 0.6 is 0 Å². The van der Waals surface area contributed by atoms with E-state index in [9.17, 15) is 0 Å². The Balaban J connectivity index is 1.42. The molecule has 2 heterocycles. The number of rotatable bonds is 5. The number of anilines is 1. The summed E-state index contributed by atoms with van der Waals surface area (Å²) in [6.07, 6.45) is 0. The van der Waals surface area contributed by atoms with E-state index >= 15 is 0 Å². The van der Waals surface area contributed by atoms with E-state index in [-0.39, 0.29) is 0 Å². The third-order valence-corrected chi connectivity index (χ3v) is 4.29. The zero-order valence-corrected chi connectivity index (χ0v) is 14.9. The molecule has 1 N–H and O–H groups in total. The van der Waals surface area contributed by atoms with Crippen LogP contribution in [0.4, 0.5) is 5.69 Å². The van der Waals surface area contributed by atoms with E-state index in [1.54, 1.807) is 0 Å². The summed E-state index contributed by atoms with van der Waals surface area (Å²) in [5, 5.41) is 7.34. The van der Waals surface area contributed by atoms with Gasteiger partial charge in [-0.2, -0.15) is 4.98 Å². The molecular weight excluding hydrogens is 330 g/mol. The minimum Gasteiger partial charge on any atom is -0.486 e. The second-order valence-corrected chi connectivity index (χ2v) is 6.50. The molecule has 4 rings (SSSR count). The summed E-state index contributed by atoms with van der Waals surface area (Å²) >= 11 is 0. The average Bonchev–Trinajstić information content (AvgIpc) is 3.15. The maximum atomic E-state index is 5.59. The second-order valence-electron chi connectivity index (χ2n) is 6.50. The first-order valence-electron chi connectivity index (χ1n) is 8.75. The first kappa shape index (κ1) is 16.4. The molecule has 1 aromatic heterocycles. The molecule has 0 atom stereocenters. The van der Waals surface area contributed by atoms with Gasteiger partial charge in [-0.15, -0.1) is 0 Å². The van der Waals surface area contributed by atoms with Crippen LogP contribution in [0.5, 0.6) is 11.5 Å². The first-order valence-corrected chi connectivity index (χ1v) is 8.75. The minimum atomic E-state index is 0.441. The van der Waals surface area contributed by atoms with Crippen LogP contribution < -0.4 is 14.8 Å². The molecular formula is C20H21N3O3. The van der Waals surface area contributed by atoms with Crippen LogP contribution in [0.2, 0.25) is 0 Å². The third-order valence-electron chi connectivity index (χ3n) is 4.29. The van der Waals surface area contributed by atoms with Crippen LogP contribution in [-0.4, -0.2) is 23.4 Å². The van der Waals surface area contributed by atoms with Gasteiger partial charge in [0.1, 0.15) is 13.2 Å². The lowest BCUT2D eigenvalue weighted by Gasteiger charge is -2.18. The van der Waals surface area contributed by atoms with Crippen molar-refractivity contribution in [2.45, 2.75) is 26.3 Å². The van der Waals surface area contributed by atoms with Gasteiger partial charge in [0.15, 0.2) is 11.5 Å². The van der Waals surface area contributed by atoms with Crippen molar-refractivity contribution in [3.8, 4) is 22.9 Å². The summed E-state index contributed by atoms with van der Waals surface area (Å²) in [7, 11) is 0. The van der Waals surface area contributed by atoms with E-state index in [4.69, 9.17) is 14.0 Å². The molecule has 1 aliphatic rings. The van der Waals surface area contributed by atoms with Crippen molar-refractivity contribution in [1.29, 1.82) is 0 Å². The highest BCUT2D eigenvalue weighted by molar-refractivity contribution is 5.56. The van der Waals surface area contributed by atoms with Gasteiger partial charge in [0.2, 0.25) is 11.7 Å². The molecule has 0 aliphatic carbocycles. The summed E-state index contributed by atoms with van der Waals surface area (Å²) in [5.74, 6) is 3.15. The van der Waals surface area contributed by atoms with Crippen LogP contribution in [0.3, 0.4) is 0 Å². The lowest BCUT2D eigenvalue weighted by atomic mass is 10.0. The minimum absolute atomic E-state index is 0.441. The van der Waals surface area contributed by atoms with Crippen molar-refractivity contribution in [3.63, 3.8) is 0 Å². The fourth-order valence-electron chi connectivity index (χ4n) is 2.79. The van der Waals surface area contributed by atoms with Gasteiger partial charge in [-0.25, -0.2) is 0 Å². The van der Waals surface area contributed by atoms with Gasteiger partial charge >= 0.3 is 0 Å². The Morgan fingerprint density at radius 1 is 1.00 bits per heavy atom. The number of fused-ring (bicyclic) bond motifs is 1. The third kappa shape index (κ3) is 3.49. The SMILES string of the molecule is CC(C)c1ccc(-c2noc(CNc3ccc4c(c3)OCCO4)n2)cc1. The van der Waals surface area contributed by atoms with Crippen LogP contribution in [0.25, 0.3) is 11.4 Å². The Bertz CT molecular complexity index is 888. The average molecular weight is 351 g/mol. The van der Waals surface area contributed by atoms with Gasteiger partial charge in [-0.05, 0) is 23.6 Å². The molecule has 1 aliphatic heterocycles. The predicted octanol–water partition coefficient (Wildman–Crippen LogP) is 4.24. The number of nitrogens with zero attached hydrogens (tertiary/aromatic N) is 2. The van der Waals surface area contributed by atoms with Crippen LogP contribution in [0, 0.1) is 0 Å². The molecule has 2 aromatic carbocycles. The zero-order chi connectivity index (χ0) is 17.9.